The molecule has 2 aliphatic heterocycles. The molecule has 0 bridgehead atoms. The lowest BCUT2D eigenvalue weighted by Crippen LogP contribution is -2.40. The largest absolute Gasteiger partial charge is 0.494 e. The van der Waals surface area contributed by atoms with Crippen molar-refractivity contribution in [1.29, 1.82) is 0 Å². The second-order valence-corrected chi connectivity index (χ2v) is 12.1. The number of rotatable bonds is 11. The summed E-state index contributed by atoms with van der Waals surface area (Å²) >= 11 is 0. The van der Waals surface area contributed by atoms with Gasteiger partial charge in [0, 0.05) is 35.6 Å². The van der Waals surface area contributed by atoms with E-state index in [0.717, 1.165) is 50.3 Å². The Morgan fingerprint density at radius 1 is 1.11 bits per heavy atom. The van der Waals surface area contributed by atoms with Crippen molar-refractivity contribution in [1.82, 2.24) is 24.9 Å². The van der Waals surface area contributed by atoms with E-state index in [1.165, 1.54) is 44.7 Å². The number of benzene rings is 2. The number of halogens is 2. The van der Waals surface area contributed by atoms with Crippen molar-refractivity contribution in [3.63, 3.8) is 0 Å². The van der Waals surface area contributed by atoms with Gasteiger partial charge in [-0.25, -0.2) is 9.37 Å². The minimum absolute atomic E-state index is 0.0399. The zero-order valence-corrected chi connectivity index (χ0v) is 26.0. The van der Waals surface area contributed by atoms with E-state index in [0.29, 0.717) is 47.5 Å². The molecule has 1 amide bonds. The maximum atomic E-state index is 14.9. The number of fused-ring (bicyclic) bond motifs is 1. The average molecular weight is 617 g/mol. The van der Waals surface area contributed by atoms with Crippen LogP contribution in [0, 0.1) is 17.6 Å². The van der Waals surface area contributed by atoms with Gasteiger partial charge in [-0.05, 0) is 119 Å². The summed E-state index contributed by atoms with van der Waals surface area (Å²) in [7, 11) is 1.30. The number of aryl methyl sites for hydroxylation is 1. The van der Waals surface area contributed by atoms with Crippen molar-refractivity contribution < 1.29 is 18.3 Å². The lowest BCUT2D eigenvalue weighted by atomic mass is 9.96. The van der Waals surface area contributed by atoms with Crippen molar-refractivity contribution >= 4 is 22.9 Å². The molecule has 2 fully saturated rings. The van der Waals surface area contributed by atoms with Gasteiger partial charge < -0.3 is 25.6 Å². The lowest BCUT2D eigenvalue weighted by Gasteiger charge is -2.32. The van der Waals surface area contributed by atoms with Crippen LogP contribution < -0.4 is 20.7 Å². The fourth-order valence-electron chi connectivity index (χ4n) is 6.62. The SMILES string of the molecule is CCc1cc(Nc2cccn3c(-c4ccc(OC)c(F)c4F)cnc23)ccc1C(=O)NCC1CCN(CCC2CCCN2)CC1. The maximum absolute atomic E-state index is 14.9. The molecular formula is C35H42F2N6O2. The van der Waals surface area contributed by atoms with Gasteiger partial charge in [0.25, 0.3) is 5.91 Å². The molecule has 4 heterocycles. The number of methoxy groups -OCH3 is 1. The van der Waals surface area contributed by atoms with Gasteiger partial charge in [-0.3, -0.25) is 9.20 Å². The topological polar surface area (TPSA) is 82.9 Å². The van der Waals surface area contributed by atoms with E-state index in [9.17, 15) is 13.6 Å². The molecule has 8 nitrogen and oxygen atoms in total. The van der Waals surface area contributed by atoms with Crippen molar-refractivity contribution in [3.05, 3.63) is 77.6 Å². The maximum Gasteiger partial charge on any atom is 0.251 e. The van der Waals surface area contributed by atoms with Crippen LogP contribution in [-0.4, -0.2) is 66.1 Å². The van der Waals surface area contributed by atoms with Crippen LogP contribution in [-0.2, 0) is 6.42 Å². The highest BCUT2D eigenvalue weighted by molar-refractivity contribution is 5.96. The van der Waals surface area contributed by atoms with Crippen LogP contribution in [0.4, 0.5) is 20.2 Å². The normalized spacial score (nSPS) is 17.6. The van der Waals surface area contributed by atoms with Crippen molar-refractivity contribution in [2.45, 2.75) is 51.5 Å². The summed E-state index contributed by atoms with van der Waals surface area (Å²) in [6.07, 6.45) is 10.0. The van der Waals surface area contributed by atoms with Gasteiger partial charge in [0.2, 0.25) is 5.82 Å². The van der Waals surface area contributed by atoms with Crippen LogP contribution in [0.25, 0.3) is 16.9 Å². The van der Waals surface area contributed by atoms with Crippen LogP contribution in [0.2, 0.25) is 0 Å². The van der Waals surface area contributed by atoms with E-state index in [1.807, 2.05) is 37.3 Å². The molecule has 45 heavy (non-hydrogen) atoms. The first-order chi connectivity index (χ1) is 21.9. The molecule has 6 rings (SSSR count). The Morgan fingerprint density at radius 3 is 2.71 bits per heavy atom. The number of hydrogen-bond acceptors (Lipinski definition) is 6. The predicted molar refractivity (Wildman–Crippen MR) is 173 cm³/mol. The Hall–Kier alpha value is -4.02. The summed E-state index contributed by atoms with van der Waals surface area (Å²) in [5.41, 5.74) is 4.20. The monoisotopic (exact) mass is 616 g/mol. The number of likely N-dealkylation sites (tertiary alicyclic amines) is 1. The standard InChI is InChI=1S/C35H42F2N6O2/c1-3-24-20-26(8-9-27(24)35(44)40-21-23-12-17-42(18-13-23)19-14-25-6-4-15-38-25)41-29-7-5-16-43-30(22-39-34(29)43)28-10-11-31(45-2)33(37)32(28)36/h5,7-11,16,20,22-23,25,38,41H,3-4,6,12-15,17-19,21H2,1-2H3,(H,40,44). The number of carbonyl (C=O) groups excluding carboxylic acids is 1. The van der Waals surface area contributed by atoms with Gasteiger partial charge in [-0.2, -0.15) is 4.39 Å². The highest BCUT2D eigenvalue weighted by Gasteiger charge is 2.23. The lowest BCUT2D eigenvalue weighted by molar-refractivity contribution is 0.0934. The summed E-state index contributed by atoms with van der Waals surface area (Å²) in [6.45, 7) is 7.26. The Bertz CT molecular complexity index is 1640. The molecule has 0 saturated carbocycles. The van der Waals surface area contributed by atoms with E-state index in [2.05, 4.69) is 25.8 Å². The summed E-state index contributed by atoms with van der Waals surface area (Å²) < 4.78 is 35.9. The van der Waals surface area contributed by atoms with Crippen LogP contribution in [0.15, 0.2) is 54.9 Å². The number of anilines is 2. The summed E-state index contributed by atoms with van der Waals surface area (Å²) in [6, 6.07) is 13.0. The van der Waals surface area contributed by atoms with Crippen molar-refractivity contribution in [2.24, 2.45) is 5.92 Å². The Labute approximate surface area is 263 Å². The first kappa shape index (κ1) is 31.0. The van der Waals surface area contributed by atoms with Gasteiger partial charge in [-0.15, -0.1) is 0 Å². The fraction of sp³-hybridized carbons (Fsp3) is 0.429. The van der Waals surface area contributed by atoms with Gasteiger partial charge in [0.05, 0.1) is 24.7 Å². The van der Waals surface area contributed by atoms with E-state index in [1.54, 1.807) is 10.6 Å². The Morgan fingerprint density at radius 2 is 1.96 bits per heavy atom. The molecule has 238 valence electrons. The molecule has 1 unspecified atom stereocenters. The number of pyridine rings is 1. The first-order valence-electron chi connectivity index (χ1n) is 16.1. The molecule has 4 aromatic rings. The van der Waals surface area contributed by atoms with Crippen LogP contribution in [0.5, 0.6) is 5.75 Å². The molecule has 1 atom stereocenters. The molecule has 2 aromatic heterocycles. The zero-order valence-electron chi connectivity index (χ0n) is 26.0. The number of nitrogens with one attached hydrogen (secondary N) is 3. The molecule has 0 radical (unpaired) electrons. The minimum Gasteiger partial charge on any atom is -0.494 e. The first-order valence-corrected chi connectivity index (χ1v) is 16.1. The molecule has 10 heteroatoms. The number of piperidine rings is 1. The third-order valence-corrected chi connectivity index (χ3v) is 9.30. The van der Waals surface area contributed by atoms with E-state index >= 15 is 0 Å². The van der Waals surface area contributed by atoms with Gasteiger partial charge in [0.1, 0.15) is 0 Å². The average Bonchev–Trinajstić information content (AvgIpc) is 3.75. The third kappa shape index (κ3) is 6.82. The fourth-order valence-corrected chi connectivity index (χ4v) is 6.62. The number of imidazole rings is 1. The molecule has 0 spiro atoms. The molecular weight excluding hydrogens is 574 g/mol. The second kappa shape index (κ2) is 14.0. The van der Waals surface area contributed by atoms with Crippen LogP contribution in [0.1, 0.15) is 54.9 Å². The third-order valence-electron chi connectivity index (χ3n) is 9.30. The summed E-state index contributed by atoms with van der Waals surface area (Å²) in [4.78, 5) is 20.3. The highest BCUT2D eigenvalue weighted by atomic mass is 19.2. The van der Waals surface area contributed by atoms with E-state index in [-0.39, 0.29) is 17.2 Å². The van der Waals surface area contributed by atoms with Crippen molar-refractivity contribution in [3.8, 4) is 17.0 Å². The van der Waals surface area contributed by atoms with Crippen molar-refractivity contribution in [2.75, 3.05) is 45.2 Å². The zero-order chi connectivity index (χ0) is 31.3. The second-order valence-electron chi connectivity index (χ2n) is 12.1. The van der Waals surface area contributed by atoms with E-state index in [4.69, 9.17) is 4.74 Å². The van der Waals surface area contributed by atoms with Crippen LogP contribution in [0.3, 0.4) is 0 Å². The molecule has 0 aliphatic carbocycles. The minimum atomic E-state index is -1.04. The number of amides is 1. The summed E-state index contributed by atoms with van der Waals surface area (Å²) in [5, 5.41) is 10.2. The van der Waals surface area contributed by atoms with Crippen LogP contribution >= 0.6 is 0 Å². The van der Waals surface area contributed by atoms with E-state index < -0.39 is 11.6 Å². The number of aromatic nitrogens is 2. The number of hydrogen-bond donors (Lipinski definition) is 3. The summed E-state index contributed by atoms with van der Waals surface area (Å²) in [5.74, 6) is -1.72. The number of nitrogens with zero attached hydrogens (tertiary/aromatic N) is 3. The molecule has 2 aliphatic rings. The predicted octanol–water partition coefficient (Wildman–Crippen LogP) is 6.18. The number of carbonyl (C=O) groups is 1. The Kier molecular flexibility index (Phi) is 9.61. The molecule has 2 aromatic carbocycles. The molecule has 2 saturated heterocycles. The number of ether oxygens (including phenoxy) is 1. The van der Waals surface area contributed by atoms with Gasteiger partial charge >= 0.3 is 0 Å². The molecule has 3 N–H and O–H groups in total. The van der Waals surface area contributed by atoms with Gasteiger partial charge in [0.15, 0.2) is 17.2 Å². The van der Waals surface area contributed by atoms with Gasteiger partial charge in [-0.1, -0.05) is 6.92 Å². The quantitative estimate of drug-likeness (QED) is 0.187. The smallest absolute Gasteiger partial charge is 0.251 e. The Balaban J connectivity index is 1.08. The highest BCUT2D eigenvalue weighted by Crippen LogP contribution is 2.32.